The molecule has 3 aliphatic rings. The molecule has 3 heterocycles. The second-order valence-corrected chi connectivity index (χ2v) is 7.49. The maximum Gasteiger partial charge on any atom is 0.320 e. The Balaban J connectivity index is 1.28. The number of nitrogens with zero attached hydrogens (tertiary/aromatic N) is 3. The quantitative estimate of drug-likeness (QED) is 0.836. The Morgan fingerprint density at radius 2 is 1.57 bits per heavy atom. The lowest BCUT2D eigenvalue weighted by Gasteiger charge is -2.39. The minimum atomic E-state index is -0.824. The number of anilines is 1. The van der Waals surface area contributed by atoms with Gasteiger partial charge in [0.2, 0.25) is 5.91 Å². The van der Waals surface area contributed by atoms with Crippen molar-refractivity contribution in [1.82, 2.24) is 14.7 Å². The van der Waals surface area contributed by atoms with Gasteiger partial charge in [-0.15, -0.1) is 0 Å². The molecule has 0 spiro atoms. The van der Waals surface area contributed by atoms with Gasteiger partial charge in [0, 0.05) is 39.3 Å². The molecule has 0 aromatic heterocycles. The first-order chi connectivity index (χ1) is 13.6. The van der Waals surface area contributed by atoms with E-state index >= 15 is 0 Å². The number of ether oxygens (including phenoxy) is 1. The second-order valence-electron chi connectivity index (χ2n) is 7.49. The molecule has 2 fully saturated rings. The predicted octanol–water partition coefficient (Wildman–Crippen LogP) is 1.53. The molecule has 0 aliphatic carbocycles. The molecule has 1 N–H and O–H groups in total. The molecule has 8 nitrogen and oxygen atoms in total. The highest BCUT2D eigenvalue weighted by Gasteiger charge is 2.33. The molecule has 28 heavy (non-hydrogen) atoms. The molecule has 0 unspecified atom stereocenters. The molecular weight excluding hydrogens is 360 g/mol. The van der Waals surface area contributed by atoms with Gasteiger partial charge in [-0.2, -0.15) is 0 Å². The van der Waals surface area contributed by atoms with Crippen LogP contribution in [0, 0.1) is 0 Å². The number of benzene rings is 1. The molecule has 4 amide bonds. The van der Waals surface area contributed by atoms with Gasteiger partial charge in [0.15, 0.2) is 6.10 Å². The van der Waals surface area contributed by atoms with E-state index in [2.05, 4.69) is 5.32 Å². The number of amides is 4. The van der Waals surface area contributed by atoms with E-state index < -0.39 is 6.10 Å². The summed E-state index contributed by atoms with van der Waals surface area (Å²) in [4.78, 5) is 42.9. The number of para-hydroxylation sites is 2. The first-order valence-corrected chi connectivity index (χ1v) is 10.00. The van der Waals surface area contributed by atoms with Crippen LogP contribution in [-0.4, -0.2) is 77.9 Å². The standard InChI is InChI=1S/C20H26N4O4/c25-18(14-17-19(26)21-15-6-2-3-7-16(15)28-17)22-10-12-24(13-11-22)20(27)23-8-4-1-5-9-23/h2-3,6-7,17H,1,4-5,8-14H2,(H,21,26)/t17-/m0/s1. The van der Waals surface area contributed by atoms with Gasteiger partial charge in [-0.05, 0) is 31.4 Å². The molecule has 0 bridgehead atoms. The third-order valence-electron chi connectivity index (χ3n) is 5.60. The van der Waals surface area contributed by atoms with Crippen LogP contribution >= 0.6 is 0 Å². The molecule has 1 aromatic carbocycles. The Hall–Kier alpha value is -2.77. The van der Waals surface area contributed by atoms with E-state index in [4.69, 9.17) is 4.74 Å². The smallest absolute Gasteiger partial charge is 0.320 e. The minimum Gasteiger partial charge on any atom is -0.478 e. The molecule has 8 heteroatoms. The number of hydrogen-bond donors (Lipinski definition) is 1. The van der Waals surface area contributed by atoms with Gasteiger partial charge in [-0.3, -0.25) is 9.59 Å². The number of likely N-dealkylation sites (tertiary alicyclic amines) is 1. The number of carbonyl (C=O) groups excluding carboxylic acids is 3. The summed E-state index contributed by atoms with van der Waals surface area (Å²) in [5.74, 6) is 0.160. The van der Waals surface area contributed by atoms with E-state index in [-0.39, 0.29) is 24.3 Å². The van der Waals surface area contributed by atoms with Gasteiger partial charge in [0.05, 0.1) is 12.1 Å². The largest absolute Gasteiger partial charge is 0.478 e. The van der Waals surface area contributed by atoms with E-state index in [0.717, 1.165) is 25.9 Å². The van der Waals surface area contributed by atoms with Gasteiger partial charge in [-0.25, -0.2) is 4.79 Å². The van der Waals surface area contributed by atoms with Crippen molar-refractivity contribution >= 4 is 23.5 Å². The van der Waals surface area contributed by atoms with Crippen LogP contribution in [0.4, 0.5) is 10.5 Å². The molecule has 150 valence electrons. The lowest BCUT2D eigenvalue weighted by atomic mass is 10.1. The summed E-state index contributed by atoms with van der Waals surface area (Å²) >= 11 is 0. The van der Waals surface area contributed by atoms with Gasteiger partial charge in [-0.1, -0.05) is 12.1 Å². The summed E-state index contributed by atoms with van der Waals surface area (Å²) in [5, 5.41) is 2.78. The van der Waals surface area contributed by atoms with Crippen LogP contribution in [0.2, 0.25) is 0 Å². The first-order valence-electron chi connectivity index (χ1n) is 10.00. The highest BCUT2D eigenvalue weighted by Crippen LogP contribution is 2.29. The van der Waals surface area contributed by atoms with E-state index in [9.17, 15) is 14.4 Å². The summed E-state index contributed by atoms with van der Waals surface area (Å²) < 4.78 is 5.71. The predicted molar refractivity (Wildman–Crippen MR) is 103 cm³/mol. The van der Waals surface area contributed by atoms with Crippen LogP contribution in [0.25, 0.3) is 0 Å². The number of carbonyl (C=O) groups is 3. The lowest BCUT2D eigenvalue weighted by molar-refractivity contribution is -0.138. The Bertz CT molecular complexity index is 754. The SMILES string of the molecule is O=C1Nc2ccccc2O[C@H]1CC(=O)N1CCN(C(=O)N2CCCCC2)CC1. The average Bonchev–Trinajstić information content (AvgIpc) is 2.74. The summed E-state index contributed by atoms with van der Waals surface area (Å²) in [6.45, 7) is 3.69. The van der Waals surface area contributed by atoms with Crippen LogP contribution < -0.4 is 10.1 Å². The zero-order valence-corrected chi connectivity index (χ0v) is 15.9. The van der Waals surface area contributed by atoms with Crippen LogP contribution in [0.3, 0.4) is 0 Å². The second kappa shape index (κ2) is 8.08. The van der Waals surface area contributed by atoms with Crippen molar-refractivity contribution in [3.8, 4) is 5.75 Å². The van der Waals surface area contributed by atoms with Crippen molar-refractivity contribution in [3.05, 3.63) is 24.3 Å². The van der Waals surface area contributed by atoms with E-state index in [1.807, 2.05) is 21.9 Å². The Labute approximate surface area is 164 Å². The molecule has 1 atom stereocenters. The summed E-state index contributed by atoms with van der Waals surface area (Å²) in [6.07, 6.45) is 2.50. The topological polar surface area (TPSA) is 82.2 Å². The third-order valence-corrected chi connectivity index (χ3v) is 5.60. The maximum absolute atomic E-state index is 12.7. The Kier molecular flexibility index (Phi) is 5.36. The van der Waals surface area contributed by atoms with E-state index in [0.29, 0.717) is 37.6 Å². The van der Waals surface area contributed by atoms with Gasteiger partial charge >= 0.3 is 6.03 Å². The minimum absolute atomic E-state index is 0.000237. The number of rotatable bonds is 2. The molecule has 4 rings (SSSR count). The van der Waals surface area contributed by atoms with Crippen molar-refractivity contribution in [3.63, 3.8) is 0 Å². The van der Waals surface area contributed by atoms with Crippen LogP contribution in [0.15, 0.2) is 24.3 Å². The normalized spacial score (nSPS) is 22.2. The molecule has 2 saturated heterocycles. The van der Waals surface area contributed by atoms with Gasteiger partial charge < -0.3 is 24.8 Å². The monoisotopic (exact) mass is 386 g/mol. The maximum atomic E-state index is 12.7. The fraction of sp³-hybridized carbons (Fsp3) is 0.550. The van der Waals surface area contributed by atoms with Crippen molar-refractivity contribution in [2.45, 2.75) is 31.8 Å². The number of nitrogens with one attached hydrogen (secondary N) is 1. The first kappa shape index (κ1) is 18.6. The summed E-state index contributed by atoms with van der Waals surface area (Å²) in [6, 6.07) is 7.27. The molecule has 1 aromatic rings. The van der Waals surface area contributed by atoms with Gasteiger partial charge in [0.25, 0.3) is 5.91 Å². The van der Waals surface area contributed by atoms with Crippen molar-refractivity contribution < 1.29 is 19.1 Å². The average molecular weight is 386 g/mol. The third kappa shape index (κ3) is 3.90. The van der Waals surface area contributed by atoms with Crippen molar-refractivity contribution in [2.75, 3.05) is 44.6 Å². The Morgan fingerprint density at radius 3 is 2.32 bits per heavy atom. The van der Waals surface area contributed by atoms with E-state index in [1.54, 1.807) is 17.0 Å². The fourth-order valence-corrected chi connectivity index (χ4v) is 3.95. The number of piperazine rings is 1. The summed E-state index contributed by atoms with van der Waals surface area (Å²) in [5.41, 5.74) is 0.626. The molecule has 3 aliphatic heterocycles. The zero-order valence-electron chi connectivity index (χ0n) is 15.9. The van der Waals surface area contributed by atoms with Crippen LogP contribution in [0.1, 0.15) is 25.7 Å². The zero-order chi connectivity index (χ0) is 19.5. The molecule has 0 saturated carbocycles. The lowest BCUT2D eigenvalue weighted by Crippen LogP contribution is -2.55. The van der Waals surface area contributed by atoms with Crippen LogP contribution in [0.5, 0.6) is 5.75 Å². The highest BCUT2D eigenvalue weighted by molar-refractivity contribution is 6.00. The number of fused-ring (bicyclic) bond motifs is 1. The van der Waals surface area contributed by atoms with Crippen molar-refractivity contribution in [2.24, 2.45) is 0 Å². The number of piperidine rings is 1. The van der Waals surface area contributed by atoms with Crippen LogP contribution in [-0.2, 0) is 9.59 Å². The number of hydrogen-bond acceptors (Lipinski definition) is 4. The number of urea groups is 1. The van der Waals surface area contributed by atoms with Crippen molar-refractivity contribution in [1.29, 1.82) is 0 Å². The Morgan fingerprint density at radius 1 is 0.929 bits per heavy atom. The van der Waals surface area contributed by atoms with E-state index in [1.165, 1.54) is 6.42 Å². The summed E-state index contributed by atoms with van der Waals surface area (Å²) in [7, 11) is 0. The fourth-order valence-electron chi connectivity index (χ4n) is 3.95. The van der Waals surface area contributed by atoms with Gasteiger partial charge in [0.1, 0.15) is 5.75 Å². The molecular formula is C20H26N4O4. The molecule has 0 radical (unpaired) electrons. The highest BCUT2D eigenvalue weighted by atomic mass is 16.5.